The molecule has 0 spiro atoms. The van der Waals surface area contributed by atoms with Crippen LogP contribution in [0.5, 0.6) is 0 Å². The fourth-order valence-corrected chi connectivity index (χ4v) is 5.93. The maximum Gasteiger partial charge on any atom is 0.416 e. The standard InChI is InChI=1S/C29H28F3N5O3/c1-28(2,3)23-14-22(35(33-23)15-17-8-5-4-6-9-17)25(38)34-16-20-13-21(34)24-26(39)37(27(40)36(20)24)19-11-7-10-18(12-19)29(30,31)32/h4-12,14,20-21,24H,13,15-16H2,1-3H3/t20-,21-,24+/m0/s1. The predicted molar refractivity (Wildman–Crippen MR) is 140 cm³/mol. The van der Waals surface area contributed by atoms with Gasteiger partial charge in [-0.25, -0.2) is 9.69 Å². The number of likely N-dealkylation sites (tertiary alicyclic amines) is 1. The van der Waals surface area contributed by atoms with Crippen LogP contribution in [0.3, 0.4) is 0 Å². The summed E-state index contributed by atoms with van der Waals surface area (Å²) in [6.45, 7) is 6.65. The Hall–Kier alpha value is -4.15. The van der Waals surface area contributed by atoms with Crippen molar-refractivity contribution in [3.63, 3.8) is 0 Å². The van der Waals surface area contributed by atoms with E-state index in [-0.39, 0.29) is 23.6 Å². The molecule has 0 saturated carbocycles. The first-order chi connectivity index (χ1) is 18.8. The Kier molecular flexibility index (Phi) is 5.83. The summed E-state index contributed by atoms with van der Waals surface area (Å²) >= 11 is 0. The van der Waals surface area contributed by atoms with Crippen LogP contribution in [0.15, 0.2) is 60.7 Å². The van der Waals surface area contributed by atoms with E-state index in [1.54, 1.807) is 15.6 Å². The van der Waals surface area contributed by atoms with Gasteiger partial charge in [0.2, 0.25) is 0 Å². The average Bonchev–Trinajstić information content (AvgIpc) is 3.65. The molecule has 11 heteroatoms. The van der Waals surface area contributed by atoms with Crippen molar-refractivity contribution >= 4 is 23.5 Å². The molecular formula is C29H28F3N5O3. The molecule has 40 heavy (non-hydrogen) atoms. The average molecular weight is 552 g/mol. The van der Waals surface area contributed by atoms with Gasteiger partial charge >= 0.3 is 12.2 Å². The van der Waals surface area contributed by atoms with Crippen LogP contribution < -0.4 is 4.90 Å². The first-order valence-corrected chi connectivity index (χ1v) is 13.1. The van der Waals surface area contributed by atoms with Crippen LogP contribution in [0, 0.1) is 0 Å². The number of urea groups is 1. The van der Waals surface area contributed by atoms with Gasteiger partial charge in [0.1, 0.15) is 11.7 Å². The fraction of sp³-hybridized carbons (Fsp3) is 0.379. The van der Waals surface area contributed by atoms with Gasteiger partial charge in [0.15, 0.2) is 0 Å². The highest BCUT2D eigenvalue weighted by atomic mass is 19.4. The molecule has 3 aliphatic heterocycles. The second-order valence-electron chi connectivity index (χ2n) is 11.6. The van der Waals surface area contributed by atoms with Crippen molar-refractivity contribution in [1.82, 2.24) is 19.6 Å². The fourth-order valence-electron chi connectivity index (χ4n) is 5.93. The van der Waals surface area contributed by atoms with Crippen molar-refractivity contribution in [2.75, 3.05) is 11.4 Å². The maximum absolute atomic E-state index is 14.0. The number of benzene rings is 2. The number of hydrogen-bond donors (Lipinski definition) is 0. The van der Waals surface area contributed by atoms with Crippen molar-refractivity contribution in [3.8, 4) is 0 Å². The third-order valence-electron chi connectivity index (χ3n) is 7.90. The first-order valence-electron chi connectivity index (χ1n) is 13.1. The highest BCUT2D eigenvalue weighted by Crippen LogP contribution is 2.43. The topological polar surface area (TPSA) is 78.8 Å². The predicted octanol–water partition coefficient (Wildman–Crippen LogP) is 4.68. The number of carbonyl (C=O) groups excluding carboxylic acids is 3. The van der Waals surface area contributed by atoms with E-state index in [4.69, 9.17) is 5.10 Å². The molecule has 3 atom stereocenters. The van der Waals surface area contributed by atoms with E-state index >= 15 is 0 Å². The quantitative estimate of drug-likeness (QED) is 0.441. The minimum absolute atomic E-state index is 0.132. The lowest BCUT2D eigenvalue weighted by Gasteiger charge is -2.34. The number of aromatic nitrogens is 2. The Morgan fingerprint density at radius 3 is 2.40 bits per heavy atom. The Bertz CT molecular complexity index is 1510. The Morgan fingerprint density at radius 2 is 1.73 bits per heavy atom. The lowest BCUT2D eigenvalue weighted by molar-refractivity contribution is -0.137. The number of piperazine rings is 1. The summed E-state index contributed by atoms with van der Waals surface area (Å²) in [4.78, 5) is 44.7. The zero-order valence-corrected chi connectivity index (χ0v) is 22.2. The summed E-state index contributed by atoms with van der Waals surface area (Å²) in [6, 6.07) is 13.0. The number of anilines is 1. The highest BCUT2D eigenvalue weighted by Gasteiger charge is 2.63. The number of fused-ring (bicyclic) bond motifs is 5. The van der Waals surface area contributed by atoms with Gasteiger partial charge in [-0.2, -0.15) is 18.3 Å². The van der Waals surface area contributed by atoms with Crippen molar-refractivity contribution < 1.29 is 27.6 Å². The Morgan fingerprint density at radius 1 is 1.00 bits per heavy atom. The van der Waals surface area contributed by atoms with Crippen LogP contribution in [-0.2, 0) is 22.9 Å². The molecule has 2 aromatic carbocycles. The van der Waals surface area contributed by atoms with E-state index in [1.165, 1.54) is 17.0 Å². The number of imide groups is 1. The minimum Gasteiger partial charge on any atom is -0.330 e. The molecule has 3 fully saturated rings. The van der Waals surface area contributed by atoms with Crippen LogP contribution in [0.4, 0.5) is 23.7 Å². The summed E-state index contributed by atoms with van der Waals surface area (Å²) < 4.78 is 41.6. The molecule has 0 unspecified atom stereocenters. The molecule has 0 radical (unpaired) electrons. The SMILES string of the molecule is CC(C)(C)c1cc(C(=O)N2C[C@@H]3C[C@H]2[C@@H]2C(=O)N(c4cccc(C(F)(F)F)c4)C(=O)N32)n(Cc2ccccc2)n1. The third-order valence-corrected chi connectivity index (χ3v) is 7.90. The van der Waals surface area contributed by atoms with Crippen LogP contribution in [0.25, 0.3) is 0 Å². The van der Waals surface area contributed by atoms with Gasteiger partial charge in [-0.3, -0.25) is 14.3 Å². The Balaban J connectivity index is 1.30. The molecule has 0 aliphatic carbocycles. The zero-order valence-electron chi connectivity index (χ0n) is 22.2. The molecule has 1 aromatic heterocycles. The van der Waals surface area contributed by atoms with E-state index in [9.17, 15) is 27.6 Å². The smallest absolute Gasteiger partial charge is 0.330 e. The van der Waals surface area contributed by atoms with Gasteiger partial charge in [0.05, 0.1) is 35.6 Å². The lowest BCUT2D eigenvalue weighted by atomic mass is 9.92. The van der Waals surface area contributed by atoms with E-state index < -0.39 is 41.8 Å². The number of hydrogen-bond acceptors (Lipinski definition) is 4. The monoisotopic (exact) mass is 551 g/mol. The van der Waals surface area contributed by atoms with Gasteiger partial charge in [-0.1, -0.05) is 57.2 Å². The number of carbonyl (C=O) groups is 3. The molecule has 4 heterocycles. The summed E-state index contributed by atoms with van der Waals surface area (Å²) in [7, 11) is 0. The maximum atomic E-state index is 14.0. The van der Waals surface area contributed by atoms with Gasteiger partial charge in [0.25, 0.3) is 11.8 Å². The number of amides is 4. The van der Waals surface area contributed by atoms with Gasteiger partial charge in [-0.05, 0) is 36.2 Å². The van der Waals surface area contributed by atoms with Crippen LogP contribution in [-0.4, -0.2) is 62.1 Å². The van der Waals surface area contributed by atoms with Crippen LogP contribution in [0.2, 0.25) is 0 Å². The first kappa shape index (κ1) is 26.1. The molecule has 6 rings (SSSR count). The van der Waals surface area contributed by atoms with Crippen LogP contribution >= 0.6 is 0 Å². The molecule has 3 aliphatic rings. The summed E-state index contributed by atoms with van der Waals surface area (Å²) in [5, 5.41) is 4.74. The van der Waals surface area contributed by atoms with E-state index in [0.717, 1.165) is 28.3 Å². The summed E-state index contributed by atoms with van der Waals surface area (Å²) in [6.07, 6.45) is -4.18. The van der Waals surface area contributed by atoms with E-state index in [1.807, 2.05) is 51.1 Å². The van der Waals surface area contributed by atoms with Crippen molar-refractivity contribution in [1.29, 1.82) is 0 Å². The van der Waals surface area contributed by atoms with Crippen molar-refractivity contribution in [3.05, 3.63) is 83.2 Å². The number of rotatable bonds is 4. The molecule has 3 aromatic rings. The van der Waals surface area contributed by atoms with E-state index in [2.05, 4.69) is 0 Å². The van der Waals surface area contributed by atoms with Crippen molar-refractivity contribution in [2.24, 2.45) is 0 Å². The van der Waals surface area contributed by atoms with Gasteiger partial charge in [-0.15, -0.1) is 0 Å². The second-order valence-corrected chi connectivity index (χ2v) is 11.6. The largest absolute Gasteiger partial charge is 0.416 e. The molecule has 4 amide bonds. The molecule has 2 bridgehead atoms. The lowest BCUT2D eigenvalue weighted by Crippen LogP contribution is -2.55. The van der Waals surface area contributed by atoms with E-state index in [0.29, 0.717) is 18.7 Å². The normalized spacial score (nSPS) is 22.4. The Labute approximate surface area is 229 Å². The van der Waals surface area contributed by atoms with Crippen LogP contribution in [0.1, 0.15) is 54.5 Å². The number of nitrogens with zero attached hydrogens (tertiary/aromatic N) is 5. The molecular weight excluding hydrogens is 523 g/mol. The molecule has 0 N–H and O–H groups in total. The molecule has 8 nitrogen and oxygen atoms in total. The highest BCUT2D eigenvalue weighted by molar-refractivity contribution is 6.22. The van der Waals surface area contributed by atoms with Gasteiger partial charge < -0.3 is 9.80 Å². The number of halogens is 3. The molecule has 3 saturated heterocycles. The van der Waals surface area contributed by atoms with Gasteiger partial charge in [0, 0.05) is 12.0 Å². The second kappa shape index (κ2) is 8.94. The summed E-state index contributed by atoms with van der Waals surface area (Å²) in [5.74, 6) is -0.911. The minimum atomic E-state index is -4.62. The summed E-state index contributed by atoms with van der Waals surface area (Å²) in [5.41, 5.74) is 0.727. The molecule has 208 valence electrons. The van der Waals surface area contributed by atoms with Crippen molar-refractivity contribution in [2.45, 2.75) is 63.5 Å². The zero-order chi connectivity index (χ0) is 28.6. The number of alkyl halides is 3. The third kappa shape index (κ3) is 4.15.